The average Bonchev–Trinajstić information content (AvgIpc) is 3.12. The monoisotopic (exact) mass is 359 g/mol. The van der Waals surface area contributed by atoms with Crippen molar-refractivity contribution in [2.75, 3.05) is 11.9 Å². The largest absolute Gasteiger partial charge is 0.449 e. The number of benzene rings is 1. The first kappa shape index (κ1) is 19.5. The molecule has 25 heavy (non-hydrogen) atoms. The summed E-state index contributed by atoms with van der Waals surface area (Å²) in [5.41, 5.74) is 4.06. The number of rotatable bonds is 9. The Kier molecular flexibility index (Phi) is 7.99. The number of ether oxygens (including phenoxy) is 1. The van der Waals surface area contributed by atoms with Crippen LogP contribution in [0, 0.1) is 12.8 Å². The Balaban J connectivity index is 1.95. The fourth-order valence-corrected chi connectivity index (χ4v) is 3.51. The second kappa shape index (κ2) is 10.2. The number of carbonyl (C=O) groups is 1. The molecule has 0 saturated carbocycles. The standard InChI is InChI=1S/C21H29NO2S/c1-4-6-7-8-17(5-2)14-24-21(23)22-20-13-16(3)9-10-19(20)18-11-12-25-15-18/h9-13,15,17H,4-8,14H2,1-3H3,(H,22,23). The van der Waals surface area contributed by atoms with E-state index in [1.165, 1.54) is 19.3 Å². The van der Waals surface area contributed by atoms with Gasteiger partial charge in [-0.05, 0) is 53.3 Å². The van der Waals surface area contributed by atoms with Crippen molar-refractivity contribution in [3.63, 3.8) is 0 Å². The minimum Gasteiger partial charge on any atom is -0.449 e. The molecule has 136 valence electrons. The normalized spacial score (nSPS) is 12.0. The van der Waals surface area contributed by atoms with E-state index in [-0.39, 0.29) is 6.09 Å². The van der Waals surface area contributed by atoms with E-state index >= 15 is 0 Å². The molecule has 1 heterocycles. The highest BCUT2D eigenvalue weighted by molar-refractivity contribution is 7.08. The summed E-state index contributed by atoms with van der Waals surface area (Å²) in [5.74, 6) is 0.450. The van der Waals surface area contributed by atoms with Gasteiger partial charge in [-0.15, -0.1) is 0 Å². The molecule has 0 saturated heterocycles. The number of hydrogen-bond donors (Lipinski definition) is 1. The Hall–Kier alpha value is -1.81. The highest BCUT2D eigenvalue weighted by atomic mass is 32.1. The maximum atomic E-state index is 12.3. The molecule has 0 aliphatic carbocycles. The van der Waals surface area contributed by atoms with E-state index < -0.39 is 0 Å². The quantitative estimate of drug-likeness (QED) is 0.496. The van der Waals surface area contributed by atoms with Crippen LogP contribution in [-0.2, 0) is 4.74 Å². The Bertz CT molecular complexity index is 652. The molecule has 4 heteroatoms. The summed E-state index contributed by atoms with van der Waals surface area (Å²) in [6.45, 7) is 6.88. The van der Waals surface area contributed by atoms with Crippen LogP contribution in [0.25, 0.3) is 11.1 Å². The number of carbonyl (C=O) groups excluding carboxylic acids is 1. The van der Waals surface area contributed by atoms with Crippen LogP contribution in [0.5, 0.6) is 0 Å². The molecule has 1 atom stereocenters. The summed E-state index contributed by atoms with van der Waals surface area (Å²) in [6.07, 6.45) is 5.48. The lowest BCUT2D eigenvalue weighted by Gasteiger charge is -2.16. The van der Waals surface area contributed by atoms with Crippen molar-refractivity contribution in [2.24, 2.45) is 5.92 Å². The van der Waals surface area contributed by atoms with Crippen molar-refractivity contribution >= 4 is 23.1 Å². The molecule has 2 rings (SSSR count). The smallest absolute Gasteiger partial charge is 0.411 e. The second-order valence-electron chi connectivity index (χ2n) is 6.55. The van der Waals surface area contributed by atoms with E-state index in [1.54, 1.807) is 11.3 Å². The van der Waals surface area contributed by atoms with Gasteiger partial charge in [0.2, 0.25) is 0 Å². The van der Waals surface area contributed by atoms with Crippen molar-refractivity contribution in [1.82, 2.24) is 0 Å². The Labute approximate surface area is 155 Å². The summed E-state index contributed by atoms with van der Waals surface area (Å²) < 4.78 is 5.49. The van der Waals surface area contributed by atoms with Crippen LogP contribution in [0.15, 0.2) is 35.0 Å². The van der Waals surface area contributed by atoms with E-state index in [0.29, 0.717) is 12.5 Å². The first-order chi connectivity index (χ1) is 12.1. The summed E-state index contributed by atoms with van der Waals surface area (Å²) in [5, 5.41) is 7.06. The van der Waals surface area contributed by atoms with Gasteiger partial charge in [-0.25, -0.2) is 4.79 Å². The van der Waals surface area contributed by atoms with E-state index in [4.69, 9.17) is 4.74 Å². The SMILES string of the molecule is CCCCCC(CC)COC(=O)Nc1cc(C)ccc1-c1ccsc1. The zero-order valence-corrected chi connectivity index (χ0v) is 16.3. The van der Waals surface area contributed by atoms with Crippen molar-refractivity contribution in [3.05, 3.63) is 40.6 Å². The zero-order valence-electron chi connectivity index (χ0n) is 15.5. The minimum absolute atomic E-state index is 0.365. The fourth-order valence-electron chi connectivity index (χ4n) is 2.86. The zero-order chi connectivity index (χ0) is 18.1. The maximum Gasteiger partial charge on any atom is 0.411 e. The number of unbranched alkanes of at least 4 members (excludes halogenated alkanes) is 2. The maximum absolute atomic E-state index is 12.3. The van der Waals surface area contributed by atoms with Crippen molar-refractivity contribution in [1.29, 1.82) is 0 Å². The Morgan fingerprint density at radius 2 is 2.08 bits per heavy atom. The van der Waals surface area contributed by atoms with Crippen molar-refractivity contribution in [2.45, 2.75) is 52.9 Å². The number of anilines is 1. The van der Waals surface area contributed by atoms with Crippen LogP contribution >= 0.6 is 11.3 Å². The van der Waals surface area contributed by atoms with Crippen molar-refractivity contribution < 1.29 is 9.53 Å². The summed E-state index contributed by atoms with van der Waals surface area (Å²) in [7, 11) is 0. The van der Waals surface area contributed by atoms with Gasteiger partial charge in [-0.1, -0.05) is 51.7 Å². The van der Waals surface area contributed by atoms with Crippen LogP contribution in [0.2, 0.25) is 0 Å². The molecule has 1 amide bonds. The topological polar surface area (TPSA) is 38.3 Å². The third-order valence-corrected chi connectivity index (χ3v) is 5.17. The first-order valence-electron chi connectivity index (χ1n) is 9.21. The summed E-state index contributed by atoms with van der Waals surface area (Å²) in [4.78, 5) is 12.3. The lowest BCUT2D eigenvalue weighted by Crippen LogP contribution is -2.19. The van der Waals surface area contributed by atoms with Gasteiger partial charge < -0.3 is 4.74 Å². The van der Waals surface area contributed by atoms with Gasteiger partial charge >= 0.3 is 6.09 Å². The molecule has 0 fully saturated rings. The number of hydrogen-bond acceptors (Lipinski definition) is 3. The Morgan fingerprint density at radius 1 is 1.24 bits per heavy atom. The highest BCUT2D eigenvalue weighted by Gasteiger charge is 2.13. The van der Waals surface area contributed by atoms with Crippen LogP contribution in [0.3, 0.4) is 0 Å². The molecule has 0 radical (unpaired) electrons. The molecular weight excluding hydrogens is 330 g/mol. The first-order valence-corrected chi connectivity index (χ1v) is 10.1. The van der Waals surface area contributed by atoms with Gasteiger partial charge in [0, 0.05) is 5.56 Å². The number of nitrogens with one attached hydrogen (secondary N) is 1. The lowest BCUT2D eigenvalue weighted by atomic mass is 10.00. The van der Waals surface area contributed by atoms with Crippen LogP contribution in [0.4, 0.5) is 10.5 Å². The molecular formula is C21H29NO2S. The van der Waals surface area contributed by atoms with Gasteiger partial charge in [0.05, 0.1) is 12.3 Å². The number of aryl methyl sites for hydroxylation is 1. The highest BCUT2D eigenvalue weighted by Crippen LogP contribution is 2.30. The molecule has 0 spiro atoms. The molecule has 1 N–H and O–H groups in total. The molecule has 1 unspecified atom stereocenters. The lowest BCUT2D eigenvalue weighted by molar-refractivity contribution is 0.136. The number of amides is 1. The molecule has 0 aliphatic rings. The summed E-state index contributed by atoms with van der Waals surface area (Å²) in [6, 6.07) is 8.16. The molecule has 2 aromatic rings. The predicted molar refractivity (Wildman–Crippen MR) is 107 cm³/mol. The van der Waals surface area contributed by atoms with Gasteiger partial charge in [-0.2, -0.15) is 11.3 Å². The molecule has 0 bridgehead atoms. The second-order valence-corrected chi connectivity index (χ2v) is 7.33. The van der Waals surface area contributed by atoms with E-state index in [1.807, 2.05) is 24.4 Å². The third-order valence-electron chi connectivity index (χ3n) is 4.49. The number of thiophene rings is 1. The van der Waals surface area contributed by atoms with Crippen LogP contribution in [0.1, 0.15) is 51.5 Å². The van der Waals surface area contributed by atoms with Gasteiger partial charge in [0.25, 0.3) is 0 Å². The average molecular weight is 360 g/mol. The van der Waals surface area contributed by atoms with Crippen molar-refractivity contribution in [3.8, 4) is 11.1 Å². The molecule has 3 nitrogen and oxygen atoms in total. The Morgan fingerprint density at radius 3 is 2.76 bits per heavy atom. The van der Waals surface area contributed by atoms with Gasteiger partial charge in [-0.3, -0.25) is 5.32 Å². The molecule has 1 aromatic heterocycles. The third kappa shape index (κ3) is 6.20. The summed E-state index contributed by atoms with van der Waals surface area (Å²) >= 11 is 1.65. The molecule has 1 aromatic carbocycles. The van der Waals surface area contributed by atoms with E-state index in [2.05, 4.69) is 36.7 Å². The van der Waals surface area contributed by atoms with Crippen LogP contribution in [-0.4, -0.2) is 12.7 Å². The molecule has 0 aliphatic heterocycles. The predicted octanol–water partition coefficient (Wildman–Crippen LogP) is 6.88. The minimum atomic E-state index is -0.365. The van der Waals surface area contributed by atoms with E-state index in [9.17, 15) is 4.79 Å². The van der Waals surface area contributed by atoms with Gasteiger partial charge in [0.15, 0.2) is 0 Å². The van der Waals surface area contributed by atoms with E-state index in [0.717, 1.165) is 35.2 Å². The van der Waals surface area contributed by atoms with Crippen LogP contribution < -0.4 is 5.32 Å². The fraction of sp³-hybridized carbons (Fsp3) is 0.476. The van der Waals surface area contributed by atoms with Gasteiger partial charge in [0.1, 0.15) is 0 Å².